The minimum Gasteiger partial charge on any atom is -0.483 e. The van der Waals surface area contributed by atoms with Crippen LogP contribution in [0.1, 0.15) is 27.6 Å². The van der Waals surface area contributed by atoms with Crippen LogP contribution in [0, 0.1) is 0 Å². The van der Waals surface area contributed by atoms with Crippen molar-refractivity contribution in [3.05, 3.63) is 77.2 Å². The van der Waals surface area contributed by atoms with Gasteiger partial charge < -0.3 is 20.1 Å². The number of thiophene rings is 1. The highest BCUT2D eigenvalue weighted by Crippen LogP contribution is 2.24. The van der Waals surface area contributed by atoms with Gasteiger partial charge in [-0.25, -0.2) is 4.79 Å². The molecule has 2 aromatic carbocycles. The number of ether oxygens (including phenoxy) is 2. The molecule has 7 nitrogen and oxygen atoms in total. The molecule has 0 aliphatic carbocycles. The van der Waals surface area contributed by atoms with Gasteiger partial charge in [0.1, 0.15) is 10.8 Å². The molecule has 154 valence electrons. The Hall–Kier alpha value is -3.65. The van der Waals surface area contributed by atoms with Crippen LogP contribution in [-0.2, 0) is 9.53 Å². The zero-order valence-corrected chi connectivity index (χ0v) is 17.0. The Balaban J connectivity index is 1.63. The maximum atomic E-state index is 12.6. The van der Waals surface area contributed by atoms with Crippen molar-refractivity contribution in [2.45, 2.75) is 6.92 Å². The molecule has 0 unspecified atom stereocenters. The summed E-state index contributed by atoms with van der Waals surface area (Å²) in [6.07, 6.45) is 0. The molecule has 3 rings (SSSR count). The average Bonchev–Trinajstić information content (AvgIpc) is 3.21. The minimum absolute atomic E-state index is 0.243. The van der Waals surface area contributed by atoms with Gasteiger partial charge in [0.05, 0.1) is 17.7 Å². The lowest BCUT2D eigenvalue weighted by atomic mass is 10.2. The van der Waals surface area contributed by atoms with Crippen LogP contribution in [0.3, 0.4) is 0 Å². The van der Waals surface area contributed by atoms with E-state index in [2.05, 4.69) is 10.6 Å². The Morgan fingerprint density at radius 2 is 1.63 bits per heavy atom. The number of anilines is 2. The first-order chi connectivity index (χ1) is 14.6. The van der Waals surface area contributed by atoms with E-state index in [1.807, 2.05) is 18.2 Å². The van der Waals surface area contributed by atoms with Crippen molar-refractivity contribution >= 4 is 39.8 Å². The predicted octanol–water partition coefficient (Wildman–Crippen LogP) is 4.19. The van der Waals surface area contributed by atoms with Crippen LogP contribution in [0.25, 0.3) is 0 Å². The molecular weight excluding hydrogens is 404 g/mol. The summed E-state index contributed by atoms with van der Waals surface area (Å²) in [5.74, 6) is -1.03. The Labute approximate surface area is 177 Å². The lowest BCUT2D eigenvalue weighted by molar-refractivity contribution is -0.118. The zero-order chi connectivity index (χ0) is 21.3. The van der Waals surface area contributed by atoms with E-state index in [1.54, 1.807) is 54.8 Å². The number of esters is 1. The van der Waals surface area contributed by atoms with Gasteiger partial charge in [0.15, 0.2) is 6.61 Å². The fourth-order valence-corrected chi connectivity index (χ4v) is 3.37. The van der Waals surface area contributed by atoms with E-state index in [4.69, 9.17) is 9.47 Å². The van der Waals surface area contributed by atoms with E-state index in [1.165, 1.54) is 11.3 Å². The van der Waals surface area contributed by atoms with E-state index >= 15 is 0 Å². The van der Waals surface area contributed by atoms with E-state index < -0.39 is 11.9 Å². The number of carbonyl (C=O) groups excluding carboxylic acids is 3. The standard InChI is InChI=1S/C22H20N2O5S/c1-2-28-22(27)17-12-13-30-21(17)24-19(25)14-29-18-11-7-6-10-16(18)20(26)23-15-8-4-3-5-9-15/h3-13H,2,14H2,1H3,(H,23,26)(H,24,25). The number of hydrogen-bond donors (Lipinski definition) is 2. The van der Waals surface area contributed by atoms with Crippen LogP contribution in [0.5, 0.6) is 5.75 Å². The van der Waals surface area contributed by atoms with E-state index in [0.717, 1.165) is 0 Å². The summed E-state index contributed by atoms with van der Waals surface area (Å²) in [6.45, 7) is 1.63. The normalized spacial score (nSPS) is 10.2. The largest absolute Gasteiger partial charge is 0.483 e. The second-order valence-corrected chi connectivity index (χ2v) is 6.95. The summed E-state index contributed by atoms with van der Waals surface area (Å²) in [7, 11) is 0. The molecule has 3 aromatic rings. The van der Waals surface area contributed by atoms with Crippen LogP contribution in [0.4, 0.5) is 10.7 Å². The maximum Gasteiger partial charge on any atom is 0.341 e. The van der Waals surface area contributed by atoms with Crippen molar-refractivity contribution in [2.75, 3.05) is 23.8 Å². The monoisotopic (exact) mass is 424 g/mol. The number of amides is 2. The van der Waals surface area contributed by atoms with Gasteiger partial charge in [-0.2, -0.15) is 0 Å². The van der Waals surface area contributed by atoms with E-state index in [-0.39, 0.29) is 30.4 Å². The van der Waals surface area contributed by atoms with Crippen molar-refractivity contribution in [2.24, 2.45) is 0 Å². The van der Waals surface area contributed by atoms with Gasteiger partial charge >= 0.3 is 5.97 Å². The SMILES string of the molecule is CCOC(=O)c1ccsc1NC(=O)COc1ccccc1C(=O)Nc1ccccc1. The lowest BCUT2D eigenvalue weighted by Crippen LogP contribution is -2.22. The third kappa shape index (κ3) is 5.45. The smallest absolute Gasteiger partial charge is 0.341 e. The van der Waals surface area contributed by atoms with Gasteiger partial charge in [-0.15, -0.1) is 11.3 Å². The fourth-order valence-electron chi connectivity index (χ4n) is 2.58. The van der Waals surface area contributed by atoms with Crippen LogP contribution in [-0.4, -0.2) is 31.0 Å². The van der Waals surface area contributed by atoms with Crippen molar-refractivity contribution in [1.82, 2.24) is 0 Å². The molecule has 2 N–H and O–H groups in total. The number of rotatable bonds is 8. The summed E-state index contributed by atoms with van der Waals surface area (Å²) >= 11 is 1.21. The highest BCUT2D eigenvalue weighted by molar-refractivity contribution is 7.14. The molecule has 0 fully saturated rings. The molecule has 0 atom stereocenters. The van der Waals surface area contributed by atoms with Gasteiger partial charge in [0, 0.05) is 5.69 Å². The molecule has 0 saturated heterocycles. The van der Waals surface area contributed by atoms with Gasteiger partial charge in [-0.1, -0.05) is 30.3 Å². The molecule has 1 heterocycles. The molecular formula is C22H20N2O5S. The molecule has 0 radical (unpaired) electrons. The second-order valence-electron chi connectivity index (χ2n) is 6.04. The Morgan fingerprint density at radius 3 is 2.40 bits per heavy atom. The first-order valence-electron chi connectivity index (χ1n) is 9.21. The highest BCUT2D eigenvalue weighted by Gasteiger charge is 2.17. The van der Waals surface area contributed by atoms with Gasteiger partial charge in [-0.05, 0) is 42.6 Å². The van der Waals surface area contributed by atoms with Crippen molar-refractivity contribution in [3.63, 3.8) is 0 Å². The van der Waals surface area contributed by atoms with Gasteiger partial charge in [0.25, 0.3) is 11.8 Å². The molecule has 8 heteroatoms. The zero-order valence-electron chi connectivity index (χ0n) is 16.2. The van der Waals surface area contributed by atoms with Crippen molar-refractivity contribution in [3.8, 4) is 5.75 Å². The third-order valence-corrected chi connectivity index (χ3v) is 4.77. The topological polar surface area (TPSA) is 93.7 Å². The fraction of sp³-hybridized carbons (Fsp3) is 0.136. The number of benzene rings is 2. The number of hydrogen-bond acceptors (Lipinski definition) is 6. The molecule has 0 saturated carbocycles. The van der Waals surface area contributed by atoms with Crippen molar-refractivity contribution < 1.29 is 23.9 Å². The quantitative estimate of drug-likeness (QED) is 0.529. The number of nitrogens with one attached hydrogen (secondary N) is 2. The van der Waals surface area contributed by atoms with Crippen LogP contribution >= 0.6 is 11.3 Å². The number of para-hydroxylation sites is 2. The van der Waals surface area contributed by atoms with Crippen LogP contribution < -0.4 is 15.4 Å². The predicted molar refractivity (Wildman–Crippen MR) is 115 cm³/mol. The summed E-state index contributed by atoms with van der Waals surface area (Å²) in [5, 5.41) is 7.50. The summed E-state index contributed by atoms with van der Waals surface area (Å²) < 4.78 is 10.5. The average molecular weight is 424 g/mol. The van der Waals surface area contributed by atoms with Crippen LogP contribution in [0.2, 0.25) is 0 Å². The molecule has 1 aromatic heterocycles. The summed E-state index contributed by atoms with van der Waals surface area (Å²) in [4.78, 5) is 36.8. The third-order valence-electron chi connectivity index (χ3n) is 3.94. The first-order valence-corrected chi connectivity index (χ1v) is 10.1. The maximum absolute atomic E-state index is 12.6. The molecule has 0 bridgehead atoms. The molecule has 30 heavy (non-hydrogen) atoms. The highest BCUT2D eigenvalue weighted by atomic mass is 32.1. The lowest BCUT2D eigenvalue weighted by Gasteiger charge is -2.12. The Kier molecular flexibility index (Phi) is 7.18. The number of carbonyl (C=O) groups is 3. The minimum atomic E-state index is -0.502. The van der Waals surface area contributed by atoms with Crippen molar-refractivity contribution in [1.29, 1.82) is 0 Å². The second kappa shape index (κ2) is 10.2. The molecule has 0 spiro atoms. The van der Waals surface area contributed by atoms with E-state index in [9.17, 15) is 14.4 Å². The Morgan fingerprint density at radius 1 is 0.900 bits per heavy atom. The first kappa shape index (κ1) is 21.1. The van der Waals surface area contributed by atoms with Gasteiger partial charge in [-0.3, -0.25) is 9.59 Å². The Bertz CT molecular complexity index is 1030. The summed E-state index contributed by atoms with van der Waals surface area (Å²) in [6, 6.07) is 17.3. The molecule has 0 aliphatic rings. The molecule has 2 amide bonds. The van der Waals surface area contributed by atoms with Crippen LogP contribution in [0.15, 0.2) is 66.0 Å². The van der Waals surface area contributed by atoms with E-state index in [0.29, 0.717) is 16.3 Å². The summed E-state index contributed by atoms with van der Waals surface area (Å²) in [5.41, 5.74) is 1.24. The molecule has 0 aliphatic heterocycles. The van der Waals surface area contributed by atoms with Gasteiger partial charge in [0.2, 0.25) is 0 Å².